The summed E-state index contributed by atoms with van der Waals surface area (Å²) < 4.78 is 4.76. The van der Waals surface area contributed by atoms with Crippen LogP contribution in [0.1, 0.15) is 20.8 Å². The number of hydrogen-bond donors (Lipinski definition) is 1. The summed E-state index contributed by atoms with van der Waals surface area (Å²) >= 11 is 0. The monoisotopic (exact) mass is 208 g/mol. The highest BCUT2D eigenvalue weighted by Crippen LogP contribution is 2.25. The number of carbonyl (C=O) groups is 1. The van der Waals surface area contributed by atoms with Crippen LogP contribution >= 0.6 is 0 Å². The molecule has 0 amide bonds. The number of hydrogen-bond acceptors (Lipinski definition) is 3. The molecule has 0 bridgehead atoms. The van der Waals surface area contributed by atoms with Gasteiger partial charge in [0.25, 0.3) is 0 Å². The minimum Gasteiger partial charge on any atom is -0.464 e. The molecule has 0 radical (unpaired) electrons. The Bertz CT molecular complexity index is 344. The average molecular weight is 208 g/mol. The van der Waals surface area contributed by atoms with E-state index in [2.05, 4.69) is 0 Å². The summed E-state index contributed by atoms with van der Waals surface area (Å²) in [6.07, 6.45) is 4.27. The lowest BCUT2D eigenvalue weighted by atomic mass is 10.0. The van der Waals surface area contributed by atoms with Crippen molar-refractivity contribution in [2.75, 3.05) is 6.61 Å². The second kappa shape index (κ2) is 4.94. The summed E-state index contributed by atoms with van der Waals surface area (Å²) in [4.78, 5) is 11.3. The molecule has 1 aliphatic carbocycles. The second-order valence-electron chi connectivity index (χ2n) is 3.55. The maximum Gasteiger partial charge on any atom is 0.339 e. The Morgan fingerprint density at radius 2 is 2.20 bits per heavy atom. The molecule has 0 aromatic rings. The Labute approximate surface area is 89.7 Å². The highest BCUT2D eigenvalue weighted by molar-refractivity contribution is 5.81. The van der Waals surface area contributed by atoms with Crippen molar-refractivity contribution >= 4 is 5.97 Å². The minimum atomic E-state index is -1.18. The fourth-order valence-corrected chi connectivity index (χ4v) is 1.48. The van der Waals surface area contributed by atoms with Crippen molar-refractivity contribution in [1.29, 1.82) is 0 Å². The quantitative estimate of drug-likeness (QED) is 0.719. The SMILES string of the molecule is CCOC(=O)C(O)C1=CC=CC1=C(C)C. The van der Waals surface area contributed by atoms with Gasteiger partial charge in [0.2, 0.25) is 0 Å². The van der Waals surface area contributed by atoms with Crippen LogP contribution in [0.4, 0.5) is 0 Å². The van der Waals surface area contributed by atoms with Gasteiger partial charge < -0.3 is 9.84 Å². The summed E-state index contributed by atoms with van der Waals surface area (Å²) in [5, 5.41) is 9.75. The number of allylic oxidation sites excluding steroid dienone is 4. The molecule has 1 unspecified atom stereocenters. The Morgan fingerprint density at radius 1 is 1.53 bits per heavy atom. The third-order valence-corrected chi connectivity index (χ3v) is 2.19. The molecule has 1 atom stereocenters. The third-order valence-electron chi connectivity index (χ3n) is 2.19. The van der Waals surface area contributed by atoms with E-state index in [4.69, 9.17) is 4.74 Å². The molecule has 1 aliphatic rings. The molecule has 0 saturated heterocycles. The molecule has 82 valence electrons. The summed E-state index contributed by atoms with van der Waals surface area (Å²) in [5.74, 6) is -0.591. The molecule has 0 spiro atoms. The highest BCUT2D eigenvalue weighted by atomic mass is 16.5. The smallest absolute Gasteiger partial charge is 0.339 e. The number of rotatable bonds is 3. The number of carbonyl (C=O) groups excluding carboxylic acids is 1. The van der Waals surface area contributed by atoms with Crippen molar-refractivity contribution in [3.8, 4) is 0 Å². The minimum absolute atomic E-state index is 0.279. The fourth-order valence-electron chi connectivity index (χ4n) is 1.48. The van der Waals surface area contributed by atoms with Crippen molar-refractivity contribution in [3.05, 3.63) is 34.9 Å². The maximum absolute atomic E-state index is 11.3. The standard InChI is InChI=1S/C12H16O3/c1-4-15-12(14)11(13)10-7-5-6-9(10)8(2)3/h5-7,11,13H,4H2,1-3H3. The topological polar surface area (TPSA) is 46.5 Å². The molecule has 0 fully saturated rings. The van der Waals surface area contributed by atoms with Crippen molar-refractivity contribution in [2.45, 2.75) is 26.9 Å². The van der Waals surface area contributed by atoms with Gasteiger partial charge in [-0.05, 0) is 31.9 Å². The van der Waals surface area contributed by atoms with Crippen LogP contribution in [0.25, 0.3) is 0 Å². The summed E-state index contributed by atoms with van der Waals surface area (Å²) in [6.45, 7) is 5.88. The maximum atomic E-state index is 11.3. The first-order valence-corrected chi connectivity index (χ1v) is 4.98. The zero-order valence-electron chi connectivity index (χ0n) is 9.28. The predicted octanol–water partition coefficient (Wildman–Crippen LogP) is 1.74. The van der Waals surface area contributed by atoms with E-state index >= 15 is 0 Å². The zero-order chi connectivity index (χ0) is 11.4. The first kappa shape index (κ1) is 11.7. The van der Waals surface area contributed by atoms with E-state index in [0.29, 0.717) is 5.57 Å². The number of esters is 1. The summed E-state index contributed by atoms with van der Waals surface area (Å²) in [7, 11) is 0. The number of aliphatic hydroxyl groups is 1. The molecular formula is C12H16O3. The van der Waals surface area contributed by atoms with Crippen LogP contribution in [0.15, 0.2) is 34.9 Å². The van der Waals surface area contributed by atoms with E-state index in [1.807, 2.05) is 26.0 Å². The van der Waals surface area contributed by atoms with Crippen LogP contribution < -0.4 is 0 Å². The predicted molar refractivity (Wildman–Crippen MR) is 58.2 cm³/mol. The Kier molecular flexibility index (Phi) is 3.86. The van der Waals surface area contributed by atoms with Gasteiger partial charge in [-0.1, -0.05) is 23.8 Å². The highest BCUT2D eigenvalue weighted by Gasteiger charge is 2.24. The lowest BCUT2D eigenvalue weighted by Crippen LogP contribution is -2.25. The average Bonchev–Trinajstić information content (AvgIpc) is 2.65. The largest absolute Gasteiger partial charge is 0.464 e. The molecule has 0 aliphatic heterocycles. The van der Waals surface area contributed by atoms with E-state index in [0.717, 1.165) is 11.1 Å². The van der Waals surface area contributed by atoms with Crippen LogP contribution in [-0.4, -0.2) is 23.8 Å². The molecule has 0 saturated carbocycles. The van der Waals surface area contributed by atoms with Crippen LogP contribution in [0.2, 0.25) is 0 Å². The van der Waals surface area contributed by atoms with Crippen molar-refractivity contribution in [3.63, 3.8) is 0 Å². The van der Waals surface area contributed by atoms with Crippen LogP contribution in [-0.2, 0) is 9.53 Å². The van der Waals surface area contributed by atoms with Gasteiger partial charge in [-0.3, -0.25) is 0 Å². The van der Waals surface area contributed by atoms with E-state index in [1.165, 1.54) is 0 Å². The molecule has 0 aromatic carbocycles. The number of ether oxygens (including phenoxy) is 1. The zero-order valence-corrected chi connectivity index (χ0v) is 9.28. The Morgan fingerprint density at radius 3 is 2.73 bits per heavy atom. The normalized spacial score (nSPS) is 16.3. The molecule has 1 rings (SSSR count). The van der Waals surface area contributed by atoms with Gasteiger partial charge >= 0.3 is 5.97 Å². The van der Waals surface area contributed by atoms with Gasteiger partial charge in [0, 0.05) is 0 Å². The van der Waals surface area contributed by atoms with Gasteiger partial charge in [-0.2, -0.15) is 0 Å². The lowest BCUT2D eigenvalue weighted by molar-refractivity contribution is -0.150. The van der Waals surface area contributed by atoms with Crippen LogP contribution in [0, 0.1) is 0 Å². The Balaban J connectivity index is 2.83. The van der Waals surface area contributed by atoms with Crippen LogP contribution in [0.5, 0.6) is 0 Å². The first-order chi connectivity index (χ1) is 7.07. The molecule has 0 heterocycles. The van der Waals surface area contributed by atoms with Crippen molar-refractivity contribution in [1.82, 2.24) is 0 Å². The molecule has 3 nitrogen and oxygen atoms in total. The van der Waals surface area contributed by atoms with Crippen molar-refractivity contribution < 1.29 is 14.6 Å². The van der Waals surface area contributed by atoms with Crippen LogP contribution in [0.3, 0.4) is 0 Å². The van der Waals surface area contributed by atoms with Gasteiger partial charge in [-0.15, -0.1) is 0 Å². The first-order valence-electron chi connectivity index (χ1n) is 4.98. The molecule has 15 heavy (non-hydrogen) atoms. The second-order valence-corrected chi connectivity index (χ2v) is 3.55. The van der Waals surface area contributed by atoms with E-state index in [1.54, 1.807) is 13.0 Å². The van der Waals surface area contributed by atoms with Gasteiger partial charge in [0.1, 0.15) is 0 Å². The fraction of sp³-hybridized carbons (Fsp3) is 0.417. The van der Waals surface area contributed by atoms with Gasteiger partial charge in [-0.25, -0.2) is 4.79 Å². The number of aliphatic hydroxyl groups excluding tert-OH is 1. The molecule has 3 heteroatoms. The summed E-state index contributed by atoms with van der Waals surface area (Å²) in [5.41, 5.74) is 2.60. The van der Waals surface area contributed by atoms with Gasteiger partial charge in [0.15, 0.2) is 6.10 Å². The Hall–Kier alpha value is -1.35. The molecule has 0 aromatic heterocycles. The van der Waals surface area contributed by atoms with Crippen molar-refractivity contribution in [2.24, 2.45) is 0 Å². The van der Waals surface area contributed by atoms with E-state index < -0.39 is 12.1 Å². The molecule has 1 N–H and O–H groups in total. The van der Waals surface area contributed by atoms with Gasteiger partial charge in [0.05, 0.1) is 6.61 Å². The van der Waals surface area contributed by atoms with E-state index in [9.17, 15) is 9.90 Å². The van der Waals surface area contributed by atoms with E-state index in [-0.39, 0.29) is 6.61 Å². The third kappa shape index (κ3) is 2.57. The lowest BCUT2D eigenvalue weighted by Gasteiger charge is -2.13. The summed E-state index contributed by atoms with van der Waals surface area (Å²) in [6, 6.07) is 0. The molecular weight excluding hydrogens is 192 g/mol.